The van der Waals surface area contributed by atoms with E-state index >= 15 is 0 Å². The van der Waals surface area contributed by atoms with E-state index in [-0.39, 0.29) is 5.75 Å². The first-order valence-corrected chi connectivity index (χ1v) is 5.29. The summed E-state index contributed by atoms with van der Waals surface area (Å²) in [6.07, 6.45) is 1.29. The van der Waals surface area contributed by atoms with Crippen LogP contribution in [-0.4, -0.2) is 33.1 Å². The number of rotatable bonds is 2. The molecule has 4 heteroatoms. The van der Waals surface area contributed by atoms with Crippen molar-refractivity contribution in [2.45, 2.75) is 18.9 Å². The molecule has 3 nitrogen and oxygen atoms in total. The van der Waals surface area contributed by atoms with Gasteiger partial charge < -0.3 is 4.74 Å². The number of sulfone groups is 1. The molecule has 0 amide bonds. The first-order chi connectivity index (χ1) is 4.91. The van der Waals surface area contributed by atoms with E-state index in [0.29, 0.717) is 13.0 Å². The molecule has 0 bridgehead atoms. The molecule has 0 N–H and O–H groups in total. The first kappa shape index (κ1) is 6.61. The summed E-state index contributed by atoms with van der Waals surface area (Å²) in [6.45, 7) is 0.513. The average molecular weight is 165 g/mol. The molecular weight excluding hydrogens is 152 g/mol. The van der Waals surface area contributed by atoms with Crippen molar-refractivity contribution in [3.63, 3.8) is 0 Å². The second-order valence-electron chi connectivity index (χ2n) is 2.56. The summed E-state index contributed by atoms with van der Waals surface area (Å²) in [5, 5.41) is 0. The normalized spacial score (nSPS) is 35.9. The molecule has 1 rings (SSSR count). The molecule has 0 aromatic heterocycles. The molecule has 0 aromatic carbocycles. The maximum Gasteiger partial charge on any atom is 0.149 e. The molecule has 1 unspecified atom stereocenters. The second-order valence-corrected chi connectivity index (χ2v) is 4.70. The van der Waals surface area contributed by atoms with Crippen molar-refractivity contribution in [2.75, 3.05) is 18.6 Å². The van der Waals surface area contributed by atoms with Crippen LogP contribution in [0.1, 0.15) is 14.2 Å². The van der Waals surface area contributed by atoms with Gasteiger partial charge in [-0.05, 0) is 12.8 Å². The highest BCUT2D eigenvalue weighted by Gasteiger charge is 2.19. The third-order valence-electron chi connectivity index (χ3n) is 1.33. The highest BCUT2D eigenvalue weighted by atomic mass is 32.2. The molecule has 1 aliphatic heterocycles. The molecule has 0 aromatic rings. The van der Waals surface area contributed by atoms with Crippen LogP contribution in [0.3, 0.4) is 0 Å². The molecule has 0 saturated carbocycles. The summed E-state index contributed by atoms with van der Waals surface area (Å²) >= 11 is 0. The Bertz CT molecular complexity index is 228. The Kier molecular flexibility index (Phi) is 1.90. The van der Waals surface area contributed by atoms with E-state index in [2.05, 4.69) is 0 Å². The lowest BCUT2D eigenvalue weighted by atomic mass is 10.3. The van der Waals surface area contributed by atoms with E-state index in [4.69, 9.17) is 6.11 Å². The monoisotopic (exact) mass is 165 g/mol. The van der Waals surface area contributed by atoms with E-state index < -0.39 is 15.9 Å². The Morgan fingerprint density at radius 1 is 1.80 bits per heavy atom. The van der Waals surface area contributed by atoms with Crippen molar-refractivity contribution in [1.29, 1.82) is 0 Å². The van der Waals surface area contributed by atoms with Gasteiger partial charge in [-0.25, -0.2) is 8.42 Å². The number of hydrogen-bond acceptors (Lipinski definition) is 3. The van der Waals surface area contributed by atoms with Crippen molar-refractivity contribution < 1.29 is 14.5 Å². The van der Waals surface area contributed by atoms with Crippen LogP contribution < -0.4 is 0 Å². The zero-order valence-corrected chi connectivity index (χ0v) is 6.78. The lowest BCUT2D eigenvalue weighted by molar-refractivity contribution is 0.127. The van der Waals surface area contributed by atoms with Crippen molar-refractivity contribution in [2.24, 2.45) is 0 Å². The lowest BCUT2D eigenvalue weighted by Crippen LogP contribution is -2.18. The highest BCUT2D eigenvalue weighted by Crippen LogP contribution is 2.12. The third-order valence-corrected chi connectivity index (χ3v) is 2.18. The molecule has 0 aliphatic carbocycles. The van der Waals surface area contributed by atoms with Crippen LogP contribution in [0.25, 0.3) is 0 Å². The molecule has 0 radical (unpaired) electrons. The Morgan fingerprint density at radius 2 is 2.50 bits per heavy atom. The Balaban J connectivity index is 2.60. The Morgan fingerprint density at radius 3 is 2.90 bits per heavy atom. The van der Waals surface area contributed by atoms with Gasteiger partial charge in [0.15, 0.2) is 0 Å². The lowest BCUT2D eigenvalue weighted by Gasteiger charge is -2.05. The highest BCUT2D eigenvalue weighted by molar-refractivity contribution is 7.90. The fraction of sp³-hybridized carbons (Fsp3) is 1.00. The van der Waals surface area contributed by atoms with E-state index in [1.54, 1.807) is 0 Å². The van der Waals surface area contributed by atoms with Gasteiger partial charge >= 0.3 is 0 Å². The SMILES string of the molecule is [2H]C1(CS(C)(=O)=O)CCCO1. The van der Waals surface area contributed by atoms with Crippen molar-refractivity contribution in [1.82, 2.24) is 0 Å². The van der Waals surface area contributed by atoms with E-state index in [0.717, 1.165) is 12.7 Å². The van der Waals surface area contributed by atoms with Gasteiger partial charge in [0.25, 0.3) is 0 Å². The molecule has 1 heterocycles. The number of hydrogen-bond donors (Lipinski definition) is 0. The van der Waals surface area contributed by atoms with Gasteiger partial charge in [-0.1, -0.05) is 0 Å². The molecule has 10 heavy (non-hydrogen) atoms. The predicted molar refractivity (Wildman–Crippen MR) is 38.7 cm³/mol. The summed E-state index contributed by atoms with van der Waals surface area (Å²) in [4.78, 5) is 0. The quantitative estimate of drug-likeness (QED) is 0.587. The average Bonchev–Trinajstić information content (AvgIpc) is 2.09. The second kappa shape index (κ2) is 2.88. The van der Waals surface area contributed by atoms with Crippen molar-refractivity contribution in [3.8, 4) is 0 Å². The van der Waals surface area contributed by atoms with Gasteiger partial charge in [-0.2, -0.15) is 0 Å². The minimum absolute atomic E-state index is 0.181. The Labute approximate surface area is 62.7 Å². The van der Waals surface area contributed by atoms with Gasteiger partial charge in [0.2, 0.25) is 0 Å². The molecule has 1 fully saturated rings. The summed E-state index contributed by atoms with van der Waals surface area (Å²) in [7, 11) is -3.08. The summed E-state index contributed by atoms with van der Waals surface area (Å²) in [6, 6.07) is 0. The zero-order valence-electron chi connectivity index (χ0n) is 6.96. The summed E-state index contributed by atoms with van der Waals surface area (Å²) in [5.74, 6) is -0.181. The maximum absolute atomic E-state index is 10.8. The summed E-state index contributed by atoms with van der Waals surface area (Å²) < 4.78 is 34.1. The molecule has 0 spiro atoms. The van der Waals surface area contributed by atoms with Gasteiger partial charge in [0, 0.05) is 12.9 Å². The van der Waals surface area contributed by atoms with Gasteiger partial charge in [0.1, 0.15) is 9.84 Å². The minimum Gasteiger partial charge on any atom is -0.377 e. The molecule has 1 aliphatic rings. The number of ether oxygens (including phenoxy) is 1. The van der Waals surface area contributed by atoms with Crippen LogP contribution >= 0.6 is 0 Å². The minimum atomic E-state index is -3.08. The van der Waals surface area contributed by atoms with Gasteiger partial charge in [-0.15, -0.1) is 0 Å². The van der Waals surface area contributed by atoms with E-state index in [1.165, 1.54) is 0 Å². The zero-order chi connectivity index (χ0) is 8.54. The van der Waals surface area contributed by atoms with E-state index in [1.807, 2.05) is 0 Å². The summed E-state index contributed by atoms with van der Waals surface area (Å²) in [5.41, 5.74) is 0. The smallest absolute Gasteiger partial charge is 0.149 e. The first-order valence-electron chi connectivity index (χ1n) is 3.73. The van der Waals surface area contributed by atoms with Crippen molar-refractivity contribution >= 4 is 9.84 Å². The third kappa shape index (κ3) is 2.66. The van der Waals surface area contributed by atoms with Crippen LogP contribution in [0.4, 0.5) is 0 Å². The van der Waals surface area contributed by atoms with Crippen molar-refractivity contribution in [3.05, 3.63) is 0 Å². The maximum atomic E-state index is 10.8. The standard InChI is InChI=1S/C6H12O3S/c1-10(7,8)5-6-3-2-4-9-6/h6H,2-5H2,1H3/i6D. The fourth-order valence-electron chi connectivity index (χ4n) is 0.964. The topological polar surface area (TPSA) is 43.4 Å². The molecule has 1 atom stereocenters. The van der Waals surface area contributed by atoms with Crippen LogP contribution in [0.5, 0.6) is 0 Å². The largest absolute Gasteiger partial charge is 0.377 e. The van der Waals surface area contributed by atoms with Crippen LogP contribution in [-0.2, 0) is 14.6 Å². The van der Waals surface area contributed by atoms with Crippen LogP contribution in [0.15, 0.2) is 0 Å². The molecule has 60 valence electrons. The molecule has 1 saturated heterocycles. The Hall–Kier alpha value is -0.0900. The van der Waals surface area contributed by atoms with Crippen LogP contribution in [0, 0.1) is 0 Å². The van der Waals surface area contributed by atoms with Gasteiger partial charge in [0.05, 0.1) is 13.2 Å². The predicted octanol–water partition coefficient (Wildman–Crippen LogP) is 0.210. The van der Waals surface area contributed by atoms with E-state index in [9.17, 15) is 8.42 Å². The fourth-order valence-corrected chi connectivity index (χ4v) is 1.78. The van der Waals surface area contributed by atoms with Crippen LogP contribution in [0.2, 0.25) is 0 Å². The molecular formula is C6H12O3S. The van der Waals surface area contributed by atoms with Gasteiger partial charge in [-0.3, -0.25) is 0 Å².